The Morgan fingerprint density at radius 3 is 2.41 bits per heavy atom. The Kier molecular flexibility index (Phi) is 3.15. The van der Waals surface area contributed by atoms with E-state index in [2.05, 4.69) is 5.32 Å². The van der Waals surface area contributed by atoms with Crippen molar-refractivity contribution < 1.29 is 8.78 Å². The summed E-state index contributed by atoms with van der Waals surface area (Å²) >= 11 is 5.75. The van der Waals surface area contributed by atoms with E-state index in [0.29, 0.717) is 22.1 Å². The molecule has 0 fully saturated rings. The highest BCUT2D eigenvalue weighted by molar-refractivity contribution is 6.31. The van der Waals surface area contributed by atoms with Gasteiger partial charge in [-0.25, -0.2) is 8.78 Å². The number of benzene rings is 2. The van der Waals surface area contributed by atoms with Crippen molar-refractivity contribution in [3.8, 4) is 0 Å². The highest BCUT2D eigenvalue weighted by Gasteiger charge is 2.04. The Morgan fingerprint density at radius 2 is 1.76 bits per heavy atom. The van der Waals surface area contributed by atoms with Gasteiger partial charge in [0.2, 0.25) is 0 Å². The molecule has 0 atom stereocenters. The van der Waals surface area contributed by atoms with Crippen LogP contribution in [0.1, 0.15) is 0 Å². The third-order valence-electron chi connectivity index (χ3n) is 2.21. The molecule has 0 heterocycles. The second-order valence-corrected chi connectivity index (χ2v) is 3.92. The summed E-state index contributed by atoms with van der Waals surface area (Å²) in [7, 11) is 0. The van der Waals surface area contributed by atoms with Gasteiger partial charge in [0, 0.05) is 16.8 Å². The van der Waals surface area contributed by atoms with Crippen LogP contribution < -0.4 is 11.1 Å². The zero-order valence-electron chi connectivity index (χ0n) is 8.68. The zero-order chi connectivity index (χ0) is 12.4. The van der Waals surface area contributed by atoms with Crippen LogP contribution in [0.5, 0.6) is 0 Å². The lowest BCUT2D eigenvalue weighted by atomic mass is 10.2. The maximum Gasteiger partial charge on any atom is 0.160 e. The third-order valence-corrected chi connectivity index (χ3v) is 2.45. The molecule has 2 nitrogen and oxygen atoms in total. The average molecular weight is 255 g/mol. The molecule has 0 amide bonds. The summed E-state index contributed by atoms with van der Waals surface area (Å²) in [6.07, 6.45) is 0. The van der Waals surface area contributed by atoms with E-state index in [1.807, 2.05) is 0 Å². The van der Waals surface area contributed by atoms with E-state index < -0.39 is 11.6 Å². The minimum Gasteiger partial charge on any atom is -0.397 e. The molecular formula is C12H9ClF2N2. The number of hydrogen-bond donors (Lipinski definition) is 2. The predicted octanol–water partition coefficient (Wildman–Crippen LogP) is 3.94. The van der Waals surface area contributed by atoms with E-state index in [1.54, 1.807) is 18.2 Å². The zero-order valence-corrected chi connectivity index (χ0v) is 9.43. The SMILES string of the molecule is Nc1cc(Cl)ccc1Nc1ccc(F)c(F)c1. The number of hydrogen-bond acceptors (Lipinski definition) is 2. The molecule has 0 aliphatic heterocycles. The molecule has 2 aromatic carbocycles. The van der Waals surface area contributed by atoms with Crippen LogP contribution in [0.15, 0.2) is 36.4 Å². The molecule has 0 aliphatic carbocycles. The van der Waals surface area contributed by atoms with Crippen molar-refractivity contribution in [1.82, 2.24) is 0 Å². The van der Waals surface area contributed by atoms with E-state index in [4.69, 9.17) is 17.3 Å². The normalized spacial score (nSPS) is 10.3. The van der Waals surface area contributed by atoms with Crippen molar-refractivity contribution >= 4 is 28.7 Å². The largest absolute Gasteiger partial charge is 0.397 e. The van der Waals surface area contributed by atoms with Gasteiger partial charge in [-0.2, -0.15) is 0 Å². The van der Waals surface area contributed by atoms with Crippen LogP contribution in [0, 0.1) is 11.6 Å². The van der Waals surface area contributed by atoms with Gasteiger partial charge < -0.3 is 11.1 Å². The van der Waals surface area contributed by atoms with Gasteiger partial charge in [0.25, 0.3) is 0 Å². The lowest BCUT2D eigenvalue weighted by Crippen LogP contribution is -1.97. The molecule has 0 saturated heterocycles. The first kappa shape index (κ1) is 11.7. The van der Waals surface area contributed by atoms with Crippen molar-refractivity contribution in [1.29, 1.82) is 0 Å². The van der Waals surface area contributed by atoms with Crippen LogP contribution in [0.4, 0.5) is 25.8 Å². The lowest BCUT2D eigenvalue weighted by molar-refractivity contribution is 0.509. The molecule has 0 bridgehead atoms. The molecule has 0 aliphatic rings. The van der Waals surface area contributed by atoms with Crippen LogP contribution in [0.2, 0.25) is 5.02 Å². The van der Waals surface area contributed by atoms with Gasteiger partial charge in [0.15, 0.2) is 11.6 Å². The van der Waals surface area contributed by atoms with Crippen LogP contribution in [-0.2, 0) is 0 Å². The maximum atomic E-state index is 13.0. The van der Waals surface area contributed by atoms with Gasteiger partial charge in [-0.3, -0.25) is 0 Å². The fourth-order valence-corrected chi connectivity index (χ4v) is 1.56. The Hall–Kier alpha value is -1.81. The fourth-order valence-electron chi connectivity index (χ4n) is 1.38. The smallest absolute Gasteiger partial charge is 0.160 e. The average Bonchev–Trinajstić information content (AvgIpc) is 2.27. The van der Waals surface area contributed by atoms with E-state index >= 15 is 0 Å². The molecule has 17 heavy (non-hydrogen) atoms. The van der Waals surface area contributed by atoms with E-state index in [1.165, 1.54) is 6.07 Å². The quantitative estimate of drug-likeness (QED) is 0.797. The highest BCUT2D eigenvalue weighted by Crippen LogP contribution is 2.26. The molecule has 0 spiro atoms. The fraction of sp³-hybridized carbons (Fsp3) is 0. The number of anilines is 3. The highest BCUT2D eigenvalue weighted by atomic mass is 35.5. The molecule has 0 unspecified atom stereocenters. The van der Waals surface area contributed by atoms with E-state index in [-0.39, 0.29) is 0 Å². The summed E-state index contributed by atoms with van der Waals surface area (Å²) in [5.74, 6) is -1.80. The molecule has 2 aromatic rings. The Balaban J connectivity index is 2.28. The van der Waals surface area contributed by atoms with Crippen LogP contribution in [-0.4, -0.2) is 0 Å². The standard InChI is InChI=1S/C12H9ClF2N2/c13-7-1-4-12(11(16)5-7)17-8-2-3-9(14)10(15)6-8/h1-6,17H,16H2. The van der Waals surface area contributed by atoms with Crippen molar-refractivity contribution in [2.24, 2.45) is 0 Å². The summed E-state index contributed by atoms with van der Waals surface area (Å²) in [5.41, 5.74) is 7.15. The number of rotatable bonds is 2. The molecule has 3 N–H and O–H groups in total. The lowest BCUT2D eigenvalue weighted by Gasteiger charge is -2.09. The van der Waals surface area contributed by atoms with E-state index in [9.17, 15) is 8.78 Å². The van der Waals surface area contributed by atoms with Gasteiger partial charge >= 0.3 is 0 Å². The van der Waals surface area contributed by atoms with Gasteiger partial charge in [-0.1, -0.05) is 11.6 Å². The number of nitrogen functional groups attached to an aromatic ring is 1. The van der Waals surface area contributed by atoms with Crippen molar-refractivity contribution in [3.05, 3.63) is 53.1 Å². The maximum absolute atomic E-state index is 13.0. The monoisotopic (exact) mass is 254 g/mol. The summed E-state index contributed by atoms with van der Waals surface area (Å²) in [6.45, 7) is 0. The van der Waals surface area contributed by atoms with Gasteiger partial charge in [0.05, 0.1) is 11.4 Å². The van der Waals surface area contributed by atoms with Crippen molar-refractivity contribution in [2.45, 2.75) is 0 Å². The Bertz CT molecular complexity index is 558. The second kappa shape index (κ2) is 4.59. The number of nitrogens with one attached hydrogen (secondary N) is 1. The minimum atomic E-state index is -0.914. The van der Waals surface area contributed by atoms with Crippen molar-refractivity contribution in [2.75, 3.05) is 11.1 Å². The third kappa shape index (κ3) is 2.65. The topological polar surface area (TPSA) is 38.0 Å². The van der Waals surface area contributed by atoms with Crippen LogP contribution >= 0.6 is 11.6 Å². The molecule has 0 saturated carbocycles. The molecule has 2 rings (SSSR count). The molecular weight excluding hydrogens is 246 g/mol. The second-order valence-electron chi connectivity index (χ2n) is 3.49. The van der Waals surface area contributed by atoms with Gasteiger partial charge in [-0.15, -0.1) is 0 Å². The first-order valence-electron chi connectivity index (χ1n) is 4.83. The van der Waals surface area contributed by atoms with Crippen molar-refractivity contribution in [3.63, 3.8) is 0 Å². The molecule has 0 radical (unpaired) electrons. The van der Waals surface area contributed by atoms with E-state index in [0.717, 1.165) is 12.1 Å². The van der Waals surface area contributed by atoms with Crippen LogP contribution in [0.25, 0.3) is 0 Å². The summed E-state index contributed by atoms with van der Waals surface area (Å²) in [4.78, 5) is 0. The number of halogens is 3. The Morgan fingerprint density at radius 1 is 1.00 bits per heavy atom. The van der Waals surface area contributed by atoms with Crippen LogP contribution in [0.3, 0.4) is 0 Å². The van der Waals surface area contributed by atoms with Gasteiger partial charge in [0.1, 0.15) is 0 Å². The molecule has 5 heteroatoms. The molecule has 0 aromatic heterocycles. The minimum absolute atomic E-state index is 0.415. The number of nitrogens with two attached hydrogens (primary N) is 1. The first-order valence-corrected chi connectivity index (χ1v) is 5.21. The summed E-state index contributed by atoms with van der Waals surface area (Å²) in [6, 6.07) is 8.42. The van der Waals surface area contributed by atoms with Gasteiger partial charge in [-0.05, 0) is 30.3 Å². The summed E-state index contributed by atoms with van der Waals surface area (Å²) < 4.78 is 25.7. The predicted molar refractivity (Wildman–Crippen MR) is 65.5 cm³/mol. The molecule has 88 valence electrons. The summed E-state index contributed by atoms with van der Waals surface area (Å²) in [5, 5.41) is 3.39. The first-order chi connectivity index (χ1) is 8.06. The Labute approximate surface area is 102 Å².